The van der Waals surface area contributed by atoms with Crippen LogP contribution in [0.5, 0.6) is 0 Å². The predicted octanol–water partition coefficient (Wildman–Crippen LogP) is 3.37. The van der Waals surface area contributed by atoms with Crippen molar-refractivity contribution in [2.24, 2.45) is 11.1 Å². The maximum Gasteiger partial charge on any atom is 0.146 e. The Bertz CT molecular complexity index is 484. The Kier molecular flexibility index (Phi) is 4.43. The summed E-state index contributed by atoms with van der Waals surface area (Å²) in [5, 5.41) is 0.183. The summed E-state index contributed by atoms with van der Waals surface area (Å²) in [4.78, 5) is 2.80. The molecule has 0 atom stereocenters. The highest BCUT2D eigenvalue weighted by atomic mass is 35.5. The number of hydrogen-bond acceptors (Lipinski definition) is 2. The normalized spacial score (nSPS) is 19.3. The van der Waals surface area contributed by atoms with Gasteiger partial charge >= 0.3 is 0 Å². The topological polar surface area (TPSA) is 29.3 Å². The molecular formula is C14H18ClFN2S. The highest BCUT2D eigenvalue weighted by molar-refractivity contribution is 7.80. The molecule has 2 rings (SSSR count). The van der Waals surface area contributed by atoms with Crippen molar-refractivity contribution in [3.05, 3.63) is 34.6 Å². The number of nitrogens with zero attached hydrogens (tertiary/aromatic N) is 1. The lowest BCUT2D eigenvalue weighted by atomic mass is 9.80. The third-order valence-corrected chi connectivity index (χ3v) is 4.76. The summed E-state index contributed by atoms with van der Waals surface area (Å²) in [5.74, 6) is -0.313. The monoisotopic (exact) mass is 300 g/mol. The molecule has 1 fully saturated rings. The summed E-state index contributed by atoms with van der Waals surface area (Å²) in [6.45, 7) is 4.44. The first-order chi connectivity index (χ1) is 8.92. The molecule has 2 N–H and O–H groups in total. The van der Waals surface area contributed by atoms with E-state index in [0.717, 1.165) is 25.9 Å². The second kappa shape index (κ2) is 5.73. The predicted molar refractivity (Wildman–Crippen MR) is 80.8 cm³/mol. The van der Waals surface area contributed by atoms with Crippen LogP contribution in [0.3, 0.4) is 0 Å². The Balaban J connectivity index is 2.00. The number of nitrogens with two attached hydrogens (primary N) is 1. The highest BCUT2D eigenvalue weighted by Gasteiger charge is 2.32. The molecule has 0 aromatic heterocycles. The molecule has 1 aromatic rings. The fraction of sp³-hybridized carbons (Fsp3) is 0.500. The first-order valence-corrected chi connectivity index (χ1v) is 7.16. The highest BCUT2D eigenvalue weighted by Crippen LogP contribution is 2.32. The Morgan fingerprint density at radius 1 is 1.47 bits per heavy atom. The van der Waals surface area contributed by atoms with Crippen LogP contribution in [-0.2, 0) is 6.54 Å². The smallest absolute Gasteiger partial charge is 0.146 e. The van der Waals surface area contributed by atoms with Gasteiger partial charge in [0.2, 0.25) is 0 Å². The van der Waals surface area contributed by atoms with E-state index in [2.05, 4.69) is 11.8 Å². The average molecular weight is 301 g/mol. The van der Waals surface area contributed by atoms with Crippen molar-refractivity contribution in [1.82, 2.24) is 4.90 Å². The van der Waals surface area contributed by atoms with Crippen molar-refractivity contribution in [3.8, 4) is 0 Å². The average Bonchev–Trinajstić information content (AvgIpc) is 2.37. The van der Waals surface area contributed by atoms with Crippen molar-refractivity contribution in [1.29, 1.82) is 0 Å². The fourth-order valence-electron chi connectivity index (χ4n) is 2.36. The van der Waals surface area contributed by atoms with E-state index in [0.29, 0.717) is 17.1 Å². The van der Waals surface area contributed by atoms with E-state index >= 15 is 0 Å². The number of likely N-dealkylation sites (tertiary alicyclic amines) is 1. The van der Waals surface area contributed by atoms with Crippen LogP contribution in [0.2, 0.25) is 5.02 Å². The van der Waals surface area contributed by atoms with E-state index in [1.807, 2.05) is 0 Å². The minimum Gasteiger partial charge on any atom is -0.393 e. The van der Waals surface area contributed by atoms with Gasteiger partial charge in [0.15, 0.2) is 0 Å². The zero-order valence-corrected chi connectivity index (χ0v) is 12.5. The Labute approximate surface area is 123 Å². The largest absolute Gasteiger partial charge is 0.393 e. The van der Waals surface area contributed by atoms with Crippen LogP contribution in [-0.4, -0.2) is 23.0 Å². The molecule has 1 aliphatic heterocycles. The Morgan fingerprint density at radius 3 is 2.68 bits per heavy atom. The zero-order valence-electron chi connectivity index (χ0n) is 11.0. The summed E-state index contributed by atoms with van der Waals surface area (Å²) < 4.78 is 13.8. The number of halogens is 2. The number of hydrogen-bond donors (Lipinski definition) is 1. The molecule has 0 saturated carbocycles. The quantitative estimate of drug-likeness (QED) is 0.868. The van der Waals surface area contributed by atoms with Gasteiger partial charge < -0.3 is 5.73 Å². The van der Waals surface area contributed by atoms with Crippen molar-refractivity contribution >= 4 is 28.8 Å². The molecule has 0 amide bonds. The Hall–Kier alpha value is -0.710. The van der Waals surface area contributed by atoms with Gasteiger partial charge in [-0.2, -0.15) is 0 Å². The fourth-order valence-corrected chi connectivity index (χ4v) is 2.76. The summed E-state index contributed by atoms with van der Waals surface area (Å²) in [7, 11) is 0. The summed E-state index contributed by atoms with van der Waals surface area (Å²) in [6, 6.07) is 5.13. The van der Waals surface area contributed by atoms with Gasteiger partial charge in [0, 0.05) is 17.5 Å². The van der Waals surface area contributed by atoms with Gasteiger partial charge in [0.25, 0.3) is 0 Å². The molecule has 1 saturated heterocycles. The maximum absolute atomic E-state index is 13.8. The van der Waals surface area contributed by atoms with Gasteiger partial charge in [-0.05, 0) is 32.0 Å². The zero-order chi connectivity index (χ0) is 14.0. The lowest BCUT2D eigenvalue weighted by molar-refractivity contribution is 0.156. The molecule has 0 radical (unpaired) electrons. The molecule has 19 heavy (non-hydrogen) atoms. The second-order valence-electron chi connectivity index (χ2n) is 5.41. The molecule has 0 bridgehead atoms. The van der Waals surface area contributed by atoms with Gasteiger partial charge in [-0.15, -0.1) is 0 Å². The molecule has 0 spiro atoms. The van der Waals surface area contributed by atoms with Gasteiger partial charge in [-0.25, -0.2) is 4.39 Å². The van der Waals surface area contributed by atoms with Crippen molar-refractivity contribution < 1.29 is 4.39 Å². The van der Waals surface area contributed by atoms with Crippen molar-refractivity contribution in [2.75, 3.05) is 13.1 Å². The van der Waals surface area contributed by atoms with Gasteiger partial charge in [0.05, 0.1) is 10.0 Å². The standard InChI is InChI=1S/C14H18ClFN2S/c1-14(13(17)19)5-7-18(8-6-14)9-10-3-2-4-11(15)12(10)16/h2-4H,5-9H2,1H3,(H2,17,19). The SMILES string of the molecule is CC1(C(N)=S)CCN(Cc2cccc(Cl)c2F)CC1. The molecule has 0 aliphatic carbocycles. The molecule has 2 nitrogen and oxygen atoms in total. The lowest BCUT2D eigenvalue weighted by Gasteiger charge is -2.38. The Morgan fingerprint density at radius 2 is 2.11 bits per heavy atom. The van der Waals surface area contributed by atoms with E-state index in [1.165, 1.54) is 0 Å². The first kappa shape index (κ1) is 14.7. The van der Waals surface area contributed by atoms with Crippen LogP contribution < -0.4 is 5.73 Å². The molecule has 104 valence electrons. The van der Waals surface area contributed by atoms with Gasteiger partial charge in [-0.1, -0.05) is 42.9 Å². The van der Waals surface area contributed by atoms with Crippen LogP contribution in [0, 0.1) is 11.2 Å². The van der Waals surface area contributed by atoms with Crippen LogP contribution in [0.1, 0.15) is 25.3 Å². The maximum atomic E-state index is 13.8. The number of rotatable bonds is 3. The number of piperidine rings is 1. The summed E-state index contributed by atoms with van der Waals surface area (Å²) in [5.41, 5.74) is 6.37. The van der Waals surface area contributed by atoms with E-state index in [1.54, 1.807) is 18.2 Å². The van der Waals surface area contributed by atoms with Gasteiger partial charge in [0.1, 0.15) is 5.82 Å². The van der Waals surface area contributed by atoms with E-state index in [9.17, 15) is 4.39 Å². The molecule has 5 heteroatoms. The number of thiocarbonyl (C=S) groups is 1. The first-order valence-electron chi connectivity index (χ1n) is 6.37. The minimum absolute atomic E-state index is 0.0568. The van der Waals surface area contributed by atoms with E-state index in [4.69, 9.17) is 29.6 Å². The third-order valence-electron chi connectivity index (χ3n) is 3.98. The van der Waals surface area contributed by atoms with E-state index in [-0.39, 0.29) is 16.3 Å². The second-order valence-corrected chi connectivity index (χ2v) is 6.26. The van der Waals surface area contributed by atoms with Crippen molar-refractivity contribution in [2.45, 2.75) is 26.3 Å². The summed E-state index contributed by atoms with van der Waals surface area (Å²) >= 11 is 10.9. The van der Waals surface area contributed by atoms with Gasteiger partial charge in [-0.3, -0.25) is 4.90 Å². The molecule has 1 aromatic carbocycles. The summed E-state index contributed by atoms with van der Waals surface area (Å²) in [6.07, 6.45) is 1.84. The van der Waals surface area contributed by atoms with Crippen LogP contribution in [0.15, 0.2) is 18.2 Å². The number of benzene rings is 1. The van der Waals surface area contributed by atoms with E-state index < -0.39 is 0 Å². The van der Waals surface area contributed by atoms with Crippen LogP contribution in [0.25, 0.3) is 0 Å². The molecule has 1 heterocycles. The van der Waals surface area contributed by atoms with Crippen LogP contribution in [0.4, 0.5) is 4.39 Å². The molecule has 0 unspecified atom stereocenters. The molecule has 1 aliphatic rings. The van der Waals surface area contributed by atoms with Crippen LogP contribution >= 0.6 is 23.8 Å². The third kappa shape index (κ3) is 3.25. The lowest BCUT2D eigenvalue weighted by Crippen LogP contribution is -2.44. The van der Waals surface area contributed by atoms with Crippen molar-refractivity contribution in [3.63, 3.8) is 0 Å². The molecular weight excluding hydrogens is 283 g/mol. The minimum atomic E-state index is -0.313.